The number of hydrogen-bond donors (Lipinski definition) is 0. The molecule has 2 aromatic rings. The number of rotatable bonds is 7. The minimum Gasteiger partial charge on any atom is -0.493 e. The van der Waals surface area contributed by atoms with E-state index < -0.39 is 0 Å². The van der Waals surface area contributed by atoms with Crippen molar-refractivity contribution in [2.45, 2.75) is 6.92 Å². The van der Waals surface area contributed by atoms with Gasteiger partial charge in [-0.1, -0.05) is 48.6 Å². The predicted molar refractivity (Wildman–Crippen MR) is 93.2 cm³/mol. The van der Waals surface area contributed by atoms with Crippen LogP contribution in [0.4, 0.5) is 0 Å². The Labute approximate surface area is 136 Å². The van der Waals surface area contributed by atoms with E-state index in [4.69, 9.17) is 9.47 Å². The van der Waals surface area contributed by atoms with Crippen LogP contribution >= 0.6 is 0 Å². The van der Waals surface area contributed by atoms with Crippen LogP contribution in [0.1, 0.15) is 21.5 Å². The lowest BCUT2D eigenvalue weighted by Crippen LogP contribution is -1.97. The van der Waals surface area contributed by atoms with E-state index in [0.29, 0.717) is 23.7 Å². The number of aryl methyl sites for hydroxylation is 1. The highest BCUT2D eigenvalue weighted by Crippen LogP contribution is 2.28. The molecule has 0 radical (unpaired) electrons. The molecule has 0 spiro atoms. The Kier molecular flexibility index (Phi) is 5.75. The van der Waals surface area contributed by atoms with Gasteiger partial charge in [0.1, 0.15) is 6.61 Å². The van der Waals surface area contributed by atoms with Gasteiger partial charge in [0.15, 0.2) is 17.3 Å². The largest absolute Gasteiger partial charge is 0.493 e. The molecule has 0 bridgehead atoms. The average Bonchev–Trinajstić information content (AvgIpc) is 2.58. The molecule has 0 amide bonds. The van der Waals surface area contributed by atoms with Gasteiger partial charge in [0, 0.05) is 5.56 Å². The fraction of sp³-hybridized carbons (Fsp3) is 0.150. The highest BCUT2D eigenvalue weighted by Gasteiger charge is 2.05. The van der Waals surface area contributed by atoms with Gasteiger partial charge in [0.25, 0.3) is 0 Å². The Morgan fingerprint density at radius 3 is 2.70 bits per heavy atom. The van der Waals surface area contributed by atoms with E-state index in [-0.39, 0.29) is 5.78 Å². The van der Waals surface area contributed by atoms with Crippen molar-refractivity contribution in [3.8, 4) is 11.5 Å². The fourth-order valence-corrected chi connectivity index (χ4v) is 2.12. The molecule has 2 aromatic carbocycles. The highest BCUT2D eigenvalue weighted by molar-refractivity contribution is 6.06. The van der Waals surface area contributed by atoms with Gasteiger partial charge < -0.3 is 9.47 Å². The minimum absolute atomic E-state index is 0.0281. The topological polar surface area (TPSA) is 35.5 Å². The van der Waals surface area contributed by atoms with Crippen LogP contribution in [-0.4, -0.2) is 19.5 Å². The van der Waals surface area contributed by atoms with Crippen LogP contribution in [0.25, 0.3) is 6.08 Å². The van der Waals surface area contributed by atoms with Crippen molar-refractivity contribution in [2.24, 2.45) is 0 Å². The smallest absolute Gasteiger partial charge is 0.185 e. The summed E-state index contributed by atoms with van der Waals surface area (Å²) in [5.74, 6) is 1.24. The molecular weight excluding hydrogens is 288 g/mol. The van der Waals surface area contributed by atoms with Gasteiger partial charge in [-0.15, -0.1) is 0 Å². The van der Waals surface area contributed by atoms with E-state index in [1.54, 1.807) is 25.3 Å². The monoisotopic (exact) mass is 308 g/mol. The highest BCUT2D eigenvalue weighted by atomic mass is 16.5. The first-order valence-corrected chi connectivity index (χ1v) is 7.35. The number of carbonyl (C=O) groups excluding carboxylic acids is 1. The first-order chi connectivity index (χ1) is 11.1. The molecule has 0 fully saturated rings. The molecular formula is C20H20O3. The van der Waals surface area contributed by atoms with E-state index >= 15 is 0 Å². The van der Waals surface area contributed by atoms with E-state index in [0.717, 1.165) is 11.1 Å². The maximum Gasteiger partial charge on any atom is 0.185 e. The van der Waals surface area contributed by atoms with Crippen molar-refractivity contribution >= 4 is 11.9 Å². The molecule has 0 aromatic heterocycles. The molecule has 3 heteroatoms. The van der Waals surface area contributed by atoms with Crippen LogP contribution < -0.4 is 9.47 Å². The normalized spacial score (nSPS) is 10.5. The lowest BCUT2D eigenvalue weighted by atomic mass is 10.1. The van der Waals surface area contributed by atoms with Gasteiger partial charge in [0.2, 0.25) is 0 Å². The van der Waals surface area contributed by atoms with Gasteiger partial charge in [-0.2, -0.15) is 0 Å². The summed E-state index contributed by atoms with van der Waals surface area (Å²) >= 11 is 0. The maximum absolute atomic E-state index is 12.2. The Morgan fingerprint density at radius 2 is 2.00 bits per heavy atom. The summed E-state index contributed by atoms with van der Waals surface area (Å²) in [6.07, 6.45) is 5.01. The summed E-state index contributed by atoms with van der Waals surface area (Å²) < 4.78 is 10.8. The lowest BCUT2D eigenvalue weighted by Gasteiger charge is -2.09. The standard InChI is InChI=1S/C20H20O3/c1-4-12-23-19-11-9-16(14-20(19)22-3)8-10-18(21)17-7-5-6-15(2)13-17/h4-11,13-14H,1,12H2,2-3H3. The number of carbonyl (C=O) groups is 1. The third kappa shape index (κ3) is 4.58. The molecule has 0 atom stereocenters. The van der Waals surface area contributed by atoms with E-state index in [2.05, 4.69) is 6.58 Å². The summed E-state index contributed by atoms with van der Waals surface area (Å²) in [5.41, 5.74) is 2.61. The molecule has 118 valence electrons. The number of ether oxygens (including phenoxy) is 2. The van der Waals surface area contributed by atoms with Crippen LogP contribution in [0.2, 0.25) is 0 Å². The second-order valence-electron chi connectivity index (χ2n) is 5.08. The van der Waals surface area contributed by atoms with E-state index in [1.165, 1.54) is 0 Å². The molecule has 0 saturated carbocycles. The van der Waals surface area contributed by atoms with Crippen molar-refractivity contribution in [2.75, 3.05) is 13.7 Å². The minimum atomic E-state index is -0.0281. The van der Waals surface area contributed by atoms with Crippen LogP contribution in [0.15, 0.2) is 61.2 Å². The summed E-state index contributed by atoms with van der Waals surface area (Å²) in [4.78, 5) is 12.2. The molecule has 0 aliphatic rings. The molecule has 0 heterocycles. The third-order valence-corrected chi connectivity index (χ3v) is 3.27. The average molecular weight is 308 g/mol. The molecule has 3 nitrogen and oxygen atoms in total. The summed E-state index contributed by atoms with van der Waals surface area (Å²) in [7, 11) is 1.58. The number of benzene rings is 2. The van der Waals surface area contributed by atoms with Crippen molar-refractivity contribution in [1.82, 2.24) is 0 Å². The van der Waals surface area contributed by atoms with E-state index in [9.17, 15) is 4.79 Å². The second-order valence-corrected chi connectivity index (χ2v) is 5.08. The fourth-order valence-electron chi connectivity index (χ4n) is 2.12. The van der Waals surface area contributed by atoms with Gasteiger partial charge in [-0.05, 0) is 36.8 Å². The Morgan fingerprint density at radius 1 is 1.17 bits per heavy atom. The predicted octanol–water partition coefficient (Wildman–Crippen LogP) is 4.46. The number of hydrogen-bond acceptors (Lipinski definition) is 3. The SMILES string of the molecule is C=CCOc1ccc(C=CC(=O)c2cccc(C)c2)cc1OC. The summed E-state index contributed by atoms with van der Waals surface area (Å²) in [6, 6.07) is 13.1. The van der Waals surface area contributed by atoms with Crippen molar-refractivity contribution in [3.05, 3.63) is 77.9 Å². The van der Waals surface area contributed by atoms with Crippen LogP contribution in [0.5, 0.6) is 11.5 Å². The summed E-state index contributed by atoms with van der Waals surface area (Å²) in [6.45, 7) is 6.00. The number of ketones is 1. The van der Waals surface area contributed by atoms with Gasteiger partial charge in [-0.25, -0.2) is 0 Å². The first-order valence-electron chi connectivity index (χ1n) is 7.35. The maximum atomic E-state index is 12.2. The third-order valence-electron chi connectivity index (χ3n) is 3.27. The van der Waals surface area contributed by atoms with Gasteiger partial charge in [0.05, 0.1) is 7.11 Å². The second kappa shape index (κ2) is 7.99. The molecule has 2 rings (SSSR count). The number of methoxy groups -OCH3 is 1. The lowest BCUT2D eigenvalue weighted by molar-refractivity contribution is 0.104. The molecule has 0 saturated heterocycles. The zero-order chi connectivity index (χ0) is 16.7. The molecule has 0 N–H and O–H groups in total. The molecule has 0 aliphatic heterocycles. The van der Waals surface area contributed by atoms with Crippen LogP contribution in [0, 0.1) is 6.92 Å². The van der Waals surface area contributed by atoms with Crippen molar-refractivity contribution in [1.29, 1.82) is 0 Å². The quantitative estimate of drug-likeness (QED) is 0.430. The molecule has 23 heavy (non-hydrogen) atoms. The first kappa shape index (κ1) is 16.6. The Balaban J connectivity index is 2.16. The molecule has 0 aliphatic carbocycles. The van der Waals surface area contributed by atoms with Crippen LogP contribution in [-0.2, 0) is 0 Å². The summed E-state index contributed by atoms with van der Waals surface area (Å²) in [5, 5.41) is 0. The zero-order valence-corrected chi connectivity index (χ0v) is 13.4. The van der Waals surface area contributed by atoms with Crippen molar-refractivity contribution in [3.63, 3.8) is 0 Å². The van der Waals surface area contributed by atoms with Gasteiger partial charge >= 0.3 is 0 Å². The van der Waals surface area contributed by atoms with Crippen LogP contribution in [0.3, 0.4) is 0 Å². The molecule has 0 unspecified atom stereocenters. The van der Waals surface area contributed by atoms with E-state index in [1.807, 2.05) is 49.4 Å². The van der Waals surface area contributed by atoms with Gasteiger partial charge in [-0.3, -0.25) is 4.79 Å². The number of allylic oxidation sites excluding steroid dienone is 1. The zero-order valence-electron chi connectivity index (χ0n) is 13.4. The Bertz CT molecular complexity index is 729. The Hall–Kier alpha value is -2.81. The van der Waals surface area contributed by atoms with Crippen molar-refractivity contribution < 1.29 is 14.3 Å².